The SMILES string of the molecule is C[C@H](N)C(=O)[N+](C)(C(=O)OC(C)(C)C)C1(CC(=O)O)CCCCC1. The number of nitrogens with two attached hydrogens (primary N) is 1. The molecule has 3 N–H and O–H groups in total. The van der Waals surface area contributed by atoms with Crippen LogP contribution in [0.1, 0.15) is 66.2 Å². The van der Waals surface area contributed by atoms with E-state index in [1.807, 2.05) is 0 Å². The van der Waals surface area contributed by atoms with E-state index >= 15 is 0 Å². The van der Waals surface area contributed by atoms with Crippen molar-refractivity contribution in [3.05, 3.63) is 0 Å². The highest BCUT2D eigenvalue weighted by Gasteiger charge is 2.61. The number of hydrogen-bond donors (Lipinski definition) is 2. The van der Waals surface area contributed by atoms with Gasteiger partial charge in [0.15, 0.2) is 0 Å². The number of nitrogens with zero attached hydrogens (tertiary/aromatic N) is 1. The summed E-state index contributed by atoms with van der Waals surface area (Å²) >= 11 is 0. The maximum atomic E-state index is 13.0. The third-order valence-electron chi connectivity index (χ3n) is 4.80. The van der Waals surface area contributed by atoms with Crippen LogP contribution in [-0.2, 0) is 14.3 Å². The molecule has 1 unspecified atom stereocenters. The van der Waals surface area contributed by atoms with Crippen LogP contribution < -0.4 is 5.73 Å². The minimum Gasteiger partial charge on any atom is -0.481 e. The molecule has 0 heterocycles. The summed E-state index contributed by atoms with van der Waals surface area (Å²) < 4.78 is 4.78. The summed E-state index contributed by atoms with van der Waals surface area (Å²) in [5.74, 6) is -1.53. The molecule has 0 aromatic carbocycles. The predicted octanol–water partition coefficient (Wildman–Crippen LogP) is 2.42. The quantitative estimate of drug-likeness (QED) is 0.759. The number of carboxylic acids is 1. The summed E-state index contributed by atoms with van der Waals surface area (Å²) in [6, 6.07) is -0.893. The van der Waals surface area contributed by atoms with Gasteiger partial charge in [0, 0.05) is 12.8 Å². The summed E-state index contributed by atoms with van der Waals surface area (Å²) in [6.45, 7) is 6.67. The molecule has 0 saturated heterocycles. The van der Waals surface area contributed by atoms with Crippen LogP contribution in [0.15, 0.2) is 0 Å². The molecule has 0 aromatic heterocycles. The summed E-state index contributed by atoms with van der Waals surface area (Å²) in [5, 5.41) is 9.42. The molecular formula is C17H31N2O5+. The molecule has 2 amide bonds. The van der Waals surface area contributed by atoms with Crippen LogP contribution in [0, 0.1) is 0 Å². The van der Waals surface area contributed by atoms with E-state index in [1.165, 1.54) is 14.0 Å². The number of carbonyl (C=O) groups is 3. The molecule has 7 heteroatoms. The molecule has 0 bridgehead atoms. The molecule has 1 fully saturated rings. The zero-order valence-corrected chi connectivity index (χ0v) is 15.4. The van der Waals surface area contributed by atoms with Crippen molar-refractivity contribution in [2.45, 2.75) is 83.4 Å². The monoisotopic (exact) mass is 343 g/mol. The first kappa shape index (κ1) is 20.6. The van der Waals surface area contributed by atoms with Crippen LogP contribution in [0.4, 0.5) is 4.79 Å². The van der Waals surface area contributed by atoms with E-state index in [0.29, 0.717) is 12.8 Å². The zero-order valence-electron chi connectivity index (χ0n) is 15.4. The lowest BCUT2D eigenvalue weighted by Crippen LogP contribution is -2.72. The van der Waals surface area contributed by atoms with Crippen molar-refractivity contribution in [1.82, 2.24) is 0 Å². The number of carbonyl (C=O) groups excluding carboxylic acids is 2. The minimum atomic E-state index is -1.03. The number of rotatable bonds is 4. The van der Waals surface area contributed by atoms with Gasteiger partial charge in [-0.1, -0.05) is 6.42 Å². The van der Waals surface area contributed by atoms with E-state index in [2.05, 4.69) is 0 Å². The average Bonchev–Trinajstić information content (AvgIpc) is 2.43. The molecule has 1 saturated carbocycles. The van der Waals surface area contributed by atoms with Crippen LogP contribution in [0.25, 0.3) is 0 Å². The van der Waals surface area contributed by atoms with Crippen molar-refractivity contribution >= 4 is 18.0 Å². The van der Waals surface area contributed by atoms with E-state index in [1.54, 1.807) is 20.8 Å². The first-order valence-corrected chi connectivity index (χ1v) is 8.48. The topological polar surface area (TPSA) is 107 Å². The summed E-state index contributed by atoms with van der Waals surface area (Å²) in [5.41, 5.74) is 4.00. The lowest BCUT2D eigenvalue weighted by molar-refractivity contribution is -0.823. The second-order valence-electron chi connectivity index (χ2n) is 7.97. The Morgan fingerprint density at radius 2 is 1.71 bits per heavy atom. The third kappa shape index (κ3) is 4.13. The first-order chi connectivity index (χ1) is 10.9. The first-order valence-electron chi connectivity index (χ1n) is 8.48. The molecule has 0 aromatic rings. The number of likely N-dealkylation sites (N-methyl/N-ethyl adjacent to an activating group) is 1. The van der Waals surface area contributed by atoms with Crippen LogP contribution in [-0.4, -0.2) is 51.8 Å². The predicted molar refractivity (Wildman–Crippen MR) is 89.1 cm³/mol. The van der Waals surface area contributed by atoms with Crippen molar-refractivity contribution in [3.63, 3.8) is 0 Å². The van der Waals surface area contributed by atoms with Gasteiger partial charge in [-0.05, 0) is 40.5 Å². The molecular weight excluding hydrogens is 312 g/mol. The number of ether oxygens (including phenoxy) is 1. The summed E-state index contributed by atoms with van der Waals surface area (Å²) in [7, 11) is 1.47. The smallest absolute Gasteiger partial charge is 0.481 e. The lowest BCUT2D eigenvalue weighted by Gasteiger charge is -2.48. The van der Waals surface area contributed by atoms with Crippen molar-refractivity contribution < 1.29 is 28.7 Å². The fraction of sp³-hybridized carbons (Fsp3) is 0.824. The number of carboxylic acid groups (broad SMARTS) is 1. The van der Waals surface area contributed by atoms with Gasteiger partial charge in [-0.15, -0.1) is 0 Å². The van der Waals surface area contributed by atoms with E-state index < -0.39 is 39.6 Å². The zero-order chi connectivity index (χ0) is 18.8. The van der Waals surface area contributed by atoms with E-state index in [9.17, 15) is 19.5 Å². The van der Waals surface area contributed by atoms with Crippen molar-refractivity contribution in [1.29, 1.82) is 0 Å². The molecule has 24 heavy (non-hydrogen) atoms. The summed E-state index contributed by atoms with van der Waals surface area (Å²) in [4.78, 5) is 37.4. The molecule has 0 radical (unpaired) electrons. The Morgan fingerprint density at radius 1 is 1.21 bits per heavy atom. The normalized spacial score (nSPS) is 21.4. The highest BCUT2D eigenvalue weighted by molar-refractivity contribution is 5.85. The average molecular weight is 343 g/mol. The highest BCUT2D eigenvalue weighted by atomic mass is 16.6. The molecule has 0 spiro atoms. The van der Waals surface area contributed by atoms with Crippen LogP contribution in [0.2, 0.25) is 0 Å². The molecule has 7 nitrogen and oxygen atoms in total. The maximum absolute atomic E-state index is 13.0. The number of imide groups is 1. The number of aliphatic carboxylic acids is 1. The van der Waals surface area contributed by atoms with Gasteiger partial charge in [0.25, 0.3) is 0 Å². The van der Waals surface area contributed by atoms with E-state index in [0.717, 1.165) is 19.3 Å². The van der Waals surface area contributed by atoms with Gasteiger partial charge in [0.2, 0.25) is 0 Å². The van der Waals surface area contributed by atoms with Gasteiger partial charge in [0.05, 0.1) is 7.05 Å². The summed E-state index contributed by atoms with van der Waals surface area (Å²) in [6.07, 6.45) is 2.48. The van der Waals surface area contributed by atoms with Crippen molar-refractivity contribution in [3.8, 4) is 0 Å². The van der Waals surface area contributed by atoms with Crippen LogP contribution >= 0.6 is 0 Å². The second kappa shape index (κ2) is 7.19. The maximum Gasteiger partial charge on any atom is 0.524 e. The second-order valence-corrected chi connectivity index (χ2v) is 7.97. The van der Waals surface area contributed by atoms with Gasteiger partial charge in [-0.3, -0.25) is 4.79 Å². The molecule has 138 valence electrons. The standard InChI is InChI=1S/C17H30N2O5/c1-12(18)14(22)19(5,15(23)24-16(2,3)4)17(11-13(20)21)9-7-6-8-10-17/h12H,6-11,18H2,1-5H3/p+1/t12-,19?/m0/s1. The molecule has 2 atom stereocenters. The van der Waals surface area contributed by atoms with E-state index in [-0.39, 0.29) is 6.42 Å². The minimum absolute atomic E-state index is 0.263. The molecule has 1 aliphatic rings. The lowest BCUT2D eigenvalue weighted by atomic mass is 9.76. The molecule has 0 aliphatic heterocycles. The molecule has 1 aliphatic carbocycles. The highest BCUT2D eigenvalue weighted by Crippen LogP contribution is 2.42. The van der Waals surface area contributed by atoms with Gasteiger partial charge in [0.1, 0.15) is 23.6 Å². The Bertz CT molecular complexity index is 504. The van der Waals surface area contributed by atoms with Crippen molar-refractivity contribution in [2.24, 2.45) is 5.73 Å². The number of quaternary nitrogens is 1. The van der Waals surface area contributed by atoms with Gasteiger partial charge < -0.3 is 15.6 Å². The largest absolute Gasteiger partial charge is 0.524 e. The van der Waals surface area contributed by atoms with Gasteiger partial charge in [-0.25, -0.2) is 4.79 Å². The van der Waals surface area contributed by atoms with Gasteiger partial charge in [-0.2, -0.15) is 9.28 Å². The van der Waals surface area contributed by atoms with Crippen molar-refractivity contribution in [2.75, 3.05) is 7.05 Å². The third-order valence-corrected chi connectivity index (χ3v) is 4.80. The fourth-order valence-electron chi connectivity index (χ4n) is 3.55. The van der Waals surface area contributed by atoms with Crippen LogP contribution in [0.3, 0.4) is 0 Å². The molecule has 1 rings (SSSR count). The Morgan fingerprint density at radius 3 is 2.08 bits per heavy atom. The Kier molecular flexibility index (Phi) is 6.16. The number of amides is 2. The Balaban J connectivity index is 3.44. The Hall–Kier alpha value is -1.47. The van der Waals surface area contributed by atoms with Gasteiger partial charge >= 0.3 is 18.0 Å². The van der Waals surface area contributed by atoms with E-state index in [4.69, 9.17) is 10.5 Å². The van der Waals surface area contributed by atoms with Crippen LogP contribution in [0.5, 0.6) is 0 Å². The Labute approximate surface area is 143 Å². The number of hydrogen-bond acceptors (Lipinski definition) is 5. The fourth-order valence-corrected chi connectivity index (χ4v) is 3.55.